The van der Waals surface area contributed by atoms with E-state index in [1.54, 1.807) is 13.1 Å². The van der Waals surface area contributed by atoms with Gasteiger partial charge in [0.2, 0.25) is 11.9 Å². The number of nitrogens with zero attached hydrogens (tertiary/aromatic N) is 5. The molecule has 0 spiro atoms. The number of aryl methyl sites for hydroxylation is 1. The molecule has 9 nitrogen and oxygen atoms in total. The van der Waals surface area contributed by atoms with Gasteiger partial charge in [-0.05, 0) is 38.0 Å². The third-order valence-electron chi connectivity index (χ3n) is 6.77. The van der Waals surface area contributed by atoms with Gasteiger partial charge < -0.3 is 15.5 Å². The van der Waals surface area contributed by atoms with Crippen molar-refractivity contribution in [3.63, 3.8) is 0 Å². The van der Waals surface area contributed by atoms with Crippen LogP contribution in [0.15, 0.2) is 29.3 Å². The van der Waals surface area contributed by atoms with E-state index in [1.807, 2.05) is 12.1 Å². The molecule has 0 amide bonds. The first kappa shape index (κ1) is 23.3. The third-order valence-corrected chi connectivity index (χ3v) is 6.77. The molecule has 0 aromatic carbocycles. The molecule has 4 heterocycles. The van der Waals surface area contributed by atoms with Gasteiger partial charge in [0.1, 0.15) is 11.5 Å². The maximum atomic E-state index is 14.0. The van der Waals surface area contributed by atoms with Crippen molar-refractivity contribution >= 4 is 34.3 Å². The molecule has 0 unspecified atom stereocenters. The fourth-order valence-electron chi connectivity index (χ4n) is 4.98. The molecule has 3 aromatic heterocycles. The van der Waals surface area contributed by atoms with Crippen molar-refractivity contribution in [1.29, 1.82) is 0 Å². The molecule has 1 saturated heterocycles. The number of hydrogen-bond donors (Lipinski definition) is 2. The molecule has 1 saturated carbocycles. The second-order valence-corrected chi connectivity index (χ2v) is 9.18. The van der Waals surface area contributed by atoms with Crippen molar-refractivity contribution in [3.05, 3.63) is 46.0 Å². The fourth-order valence-corrected chi connectivity index (χ4v) is 4.98. The highest BCUT2D eigenvalue weighted by Gasteiger charge is 2.41. The van der Waals surface area contributed by atoms with Gasteiger partial charge >= 0.3 is 0 Å². The number of carbonyl (C=O) groups excluding carboxylic acids is 1. The van der Waals surface area contributed by atoms with Gasteiger partial charge in [-0.1, -0.05) is 0 Å². The summed E-state index contributed by atoms with van der Waals surface area (Å²) >= 11 is 0. The largest absolute Gasteiger partial charge is 0.368 e. The van der Waals surface area contributed by atoms with Crippen LogP contribution < -0.4 is 21.1 Å². The summed E-state index contributed by atoms with van der Waals surface area (Å²) in [7, 11) is 0. The van der Waals surface area contributed by atoms with Crippen LogP contribution in [-0.4, -0.2) is 57.4 Å². The second-order valence-electron chi connectivity index (χ2n) is 9.18. The summed E-state index contributed by atoms with van der Waals surface area (Å²) < 4.78 is 29.3. The molecule has 0 radical (unpaired) electrons. The quantitative estimate of drug-likeness (QED) is 0.533. The van der Waals surface area contributed by atoms with E-state index in [-0.39, 0.29) is 30.0 Å². The zero-order valence-electron chi connectivity index (χ0n) is 19.6. The summed E-state index contributed by atoms with van der Waals surface area (Å²) in [6.07, 6.45) is 2.64. The van der Waals surface area contributed by atoms with E-state index in [2.05, 4.69) is 30.5 Å². The first-order chi connectivity index (χ1) is 16.7. The number of ketones is 1. The summed E-state index contributed by atoms with van der Waals surface area (Å²) in [5, 5.41) is 6.84. The van der Waals surface area contributed by atoms with E-state index in [4.69, 9.17) is 0 Å². The summed E-state index contributed by atoms with van der Waals surface area (Å²) in [4.78, 5) is 41.1. The van der Waals surface area contributed by atoms with Crippen LogP contribution in [0.2, 0.25) is 0 Å². The number of pyridine rings is 2. The maximum Gasteiger partial charge on any atom is 0.263 e. The lowest BCUT2D eigenvalue weighted by atomic mass is 10.0. The van der Waals surface area contributed by atoms with Crippen LogP contribution in [0.1, 0.15) is 48.1 Å². The van der Waals surface area contributed by atoms with Gasteiger partial charge in [-0.25, -0.2) is 18.7 Å². The van der Waals surface area contributed by atoms with Crippen LogP contribution >= 0.6 is 0 Å². The van der Waals surface area contributed by atoms with E-state index < -0.39 is 29.7 Å². The van der Waals surface area contributed by atoms with Crippen LogP contribution in [0.25, 0.3) is 11.0 Å². The molecule has 3 aromatic rings. The summed E-state index contributed by atoms with van der Waals surface area (Å²) in [5.74, 6) is -2.57. The van der Waals surface area contributed by atoms with E-state index in [1.165, 1.54) is 17.7 Å². The minimum Gasteiger partial charge on any atom is -0.368 e. The number of anilines is 3. The molecule has 2 N–H and O–H groups in total. The average molecular weight is 484 g/mol. The second kappa shape index (κ2) is 8.95. The van der Waals surface area contributed by atoms with Crippen molar-refractivity contribution in [2.24, 2.45) is 0 Å². The van der Waals surface area contributed by atoms with Crippen molar-refractivity contribution < 1.29 is 13.6 Å². The Labute approximate surface area is 200 Å². The Morgan fingerprint density at radius 3 is 2.60 bits per heavy atom. The van der Waals surface area contributed by atoms with Gasteiger partial charge in [-0.2, -0.15) is 4.98 Å². The molecule has 1 aliphatic carbocycles. The standard InChI is InChI=1S/C24H27F2N7O2/c1-14-18-13-29-23(30-19-4-3-17(12-28-19)32-9-7-27-8-10-32)31-21(18)33(22(35)20(14)15(2)34)16-5-6-24(25,26)11-16/h3-4,12-13,16,27H,5-11H2,1-2H3,(H,28,29,30,31)/t16-/m0/s1. The average Bonchev–Trinajstić information content (AvgIpc) is 3.19. The molecular formula is C24H27F2N7O2. The first-order valence-electron chi connectivity index (χ1n) is 11.7. The van der Waals surface area contributed by atoms with E-state index in [0.717, 1.165) is 31.9 Å². The highest BCUT2D eigenvalue weighted by Crippen LogP contribution is 2.42. The predicted molar refractivity (Wildman–Crippen MR) is 129 cm³/mol. The van der Waals surface area contributed by atoms with Crippen LogP contribution in [0.4, 0.5) is 26.2 Å². The van der Waals surface area contributed by atoms with Crippen LogP contribution in [-0.2, 0) is 0 Å². The van der Waals surface area contributed by atoms with Crippen LogP contribution in [0, 0.1) is 6.92 Å². The first-order valence-corrected chi connectivity index (χ1v) is 11.7. The lowest BCUT2D eigenvalue weighted by Gasteiger charge is -2.29. The number of piperazine rings is 1. The topological polar surface area (TPSA) is 105 Å². The normalized spacial score (nSPS) is 19.8. The number of Topliss-reactive ketones (excluding diaryl/α,β-unsaturated/α-hetero) is 1. The van der Waals surface area contributed by atoms with Gasteiger partial charge in [0.25, 0.3) is 5.56 Å². The van der Waals surface area contributed by atoms with Crippen LogP contribution in [0.3, 0.4) is 0 Å². The lowest BCUT2D eigenvalue weighted by Crippen LogP contribution is -2.43. The number of nitrogens with one attached hydrogen (secondary N) is 2. The van der Waals surface area contributed by atoms with Crippen molar-refractivity contribution in [2.45, 2.75) is 45.1 Å². The van der Waals surface area contributed by atoms with E-state index >= 15 is 0 Å². The summed E-state index contributed by atoms with van der Waals surface area (Å²) in [6.45, 7) is 6.61. The van der Waals surface area contributed by atoms with Crippen molar-refractivity contribution in [3.8, 4) is 0 Å². The molecular weight excluding hydrogens is 456 g/mol. The number of alkyl halides is 2. The molecule has 5 rings (SSSR count). The highest BCUT2D eigenvalue weighted by atomic mass is 19.3. The molecule has 1 atom stereocenters. The molecule has 11 heteroatoms. The minimum atomic E-state index is -2.86. The Hall–Kier alpha value is -3.47. The number of hydrogen-bond acceptors (Lipinski definition) is 8. The third kappa shape index (κ3) is 4.47. The Morgan fingerprint density at radius 2 is 1.97 bits per heavy atom. The molecule has 2 fully saturated rings. The van der Waals surface area contributed by atoms with Crippen LogP contribution in [0.5, 0.6) is 0 Å². The highest BCUT2D eigenvalue weighted by molar-refractivity contribution is 5.99. The number of aromatic nitrogens is 4. The molecule has 184 valence electrons. The maximum absolute atomic E-state index is 14.0. The molecule has 2 aliphatic rings. The lowest BCUT2D eigenvalue weighted by molar-refractivity contribution is 0.00566. The smallest absolute Gasteiger partial charge is 0.263 e. The summed E-state index contributed by atoms with van der Waals surface area (Å²) in [5.41, 5.74) is 1.09. The van der Waals surface area contributed by atoms with Gasteiger partial charge in [0.15, 0.2) is 5.78 Å². The van der Waals surface area contributed by atoms with Crippen molar-refractivity contribution in [1.82, 2.24) is 24.8 Å². The number of fused-ring (bicyclic) bond motifs is 1. The number of halogens is 2. The van der Waals surface area contributed by atoms with Gasteiger partial charge in [-0.15, -0.1) is 0 Å². The Kier molecular flexibility index (Phi) is 5.96. The van der Waals surface area contributed by atoms with E-state index in [0.29, 0.717) is 16.8 Å². The summed E-state index contributed by atoms with van der Waals surface area (Å²) in [6, 6.07) is 3.03. The number of rotatable bonds is 5. The zero-order valence-corrected chi connectivity index (χ0v) is 19.6. The zero-order chi connectivity index (χ0) is 24.7. The Balaban J connectivity index is 1.52. The minimum absolute atomic E-state index is 0.0119. The Bertz CT molecular complexity index is 1330. The number of carbonyl (C=O) groups is 1. The fraction of sp³-hybridized carbons (Fsp3) is 0.458. The Morgan fingerprint density at radius 1 is 1.20 bits per heavy atom. The van der Waals surface area contributed by atoms with Crippen molar-refractivity contribution in [2.75, 3.05) is 36.4 Å². The predicted octanol–water partition coefficient (Wildman–Crippen LogP) is 3.21. The van der Waals surface area contributed by atoms with Gasteiger partial charge in [-0.3, -0.25) is 14.2 Å². The van der Waals surface area contributed by atoms with Gasteiger partial charge in [0, 0.05) is 56.6 Å². The SMILES string of the molecule is CC(=O)c1c(C)c2cnc(Nc3ccc(N4CCNCC4)cn3)nc2n([C@H]2CCC(F)(F)C2)c1=O. The van der Waals surface area contributed by atoms with E-state index in [9.17, 15) is 18.4 Å². The molecule has 35 heavy (non-hydrogen) atoms. The molecule has 0 bridgehead atoms. The molecule has 1 aliphatic heterocycles. The van der Waals surface area contributed by atoms with Gasteiger partial charge in [0.05, 0.1) is 17.4 Å². The monoisotopic (exact) mass is 483 g/mol.